The molecule has 1 saturated carbocycles. The van der Waals surface area contributed by atoms with Crippen molar-refractivity contribution in [2.45, 2.75) is 25.3 Å². The van der Waals surface area contributed by atoms with Crippen molar-refractivity contribution in [2.75, 3.05) is 11.9 Å². The Hall–Kier alpha value is -3.01. The van der Waals surface area contributed by atoms with Crippen LogP contribution < -0.4 is 10.5 Å². The highest BCUT2D eigenvalue weighted by atomic mass is 32.2. The predicted octanol–water partition coefficient (Wildman–Crippen LogP) is 3.58. The molecule has 1 aliphatic carbocycles. The number of nitrogens with two attached hydrogens (primary N) is 1. The Morgan fingerprint density at radius 3 is 2.81 bits per heavy atom. The van der Waals surface area contributed by atoms with Crippen molar-refractivity contribution in [2.24, 2.45) is 11.1 Å². The van der Waals surface area contributed by atoms with Crippen molar-refractivity contribution in [3.63, 3.8) is 0 Å². The quantitative estimate of drug-likeness (QED) is 0.424. The first-order valence-electron chi connectivity index (χ1n) is 10.2. The second-order valence-corrected chi connectivity index (χ2v) is 9.21. The van der Waals surface area contributed by atoms with Gasteiger partial charge in [0.1, 0.15) is 17.8 Å². The van der Waals surface area contributed by atoms with Gasteiger partial charge in [-0.1, -0.05) is 42.5 Å². The van der Waals surface area contributed by atoms with E-state index in [1.54, 1.807) is 6.33 Å². The van der Waals surface area contributed by atoms with Crippen LogP contribution in [0.25, 0.3) is 33.1 Å². The first kappa shape index (κ1) is 19.9. The number of nitrogens with zero attached hydrogens (tertiary/aromatic N) is 2. The molecule has 8 nitrogen and oxygen atoms in total. The molecule has 2 aromatic carbocycles. The van der Waals surface area contributed by atoms with Crippen LogP contribution in [0.15, 0.2) is 54.9 Å². The van der Waals surface area contributed by atoms with Gasteiger partial charge < -0.3 is 10.3 Å². The molecule has 0 spiro atoms. The van der Waals surface area contributed by atoms with Crippen LogP contribution in [0, 0.1) is 5.92 Å². The van der Waals surface area contributed by atoms with Crippen LogP contribution >= 0.6 is 0 Å². The van der Waals surface area contributed by atoms with E-state index >= 15 is 0 Å². The molecule has 9 heteroatoms. The zero-order chi connectivity index (χ0) is 21.4. The summed E-state index contributed by atoms with van der Waals surface area (Å²) >= 11 is 0. The zero-order valence-electron chi connectivity index (χ0n) is 16.8. The fourth-order valence-corrected chi connectivity index (χ4v) is 4.78. The molecule has 31 heavy (non-hydrogen) atoms. The Bertz CT molecular complexity index is 1350. The Morgan fingerprint density at radius 1 is 1.10 bits per heavy atom. The second kappa shape index (κ2) is 7.92. The van der Waals surface area contributed by atoms with Gasteiger partial charge >= 0.3 is 10.3 Å². The second-order valence-electron chi connectivity index (χ2n) is 7.99. The largest absolute Gasteiger partial charge is 0.367 e. The van der Waals surface area contributed by atoms with Crippen molar-refractivity contribution in [3.8, 4) is 11.3 Å². The summed E-state index contributed by atoms with van der Waals surface area (Å²) in [6.45, 7) is 0.117. The van der Waals surface area contributed by atoms with Crippen LogP contribution in [0.4, 0.5) is 5.82 Å². The Morgan fingerprint density at radius 2 is 1.94 bits per heavy atom. The smallest absolute Gasteiger partial charge is 0.333 e. The molecule has 0 unspecified atom stereocenters. The lowest BCUT2D eigenvalue weighted by Crippen LogP contribution is -2.21. The molecule has 0 bridgehead atoms. The van der Waals surface area contributed by atoms with Crippen molar-refractivity contribution < 1.29 is 12.6 Å². The summed E-state index contributed by atoms with van der Waals surface area (Å²) in [6, 6.07) is 16.8. The minimum atomic E-state index is -3.90. The van der Waals surface area contributed by atoms with E-state index in [0.29, 0.717) is 0 Å². The van der Waals surface area contributed by atoms with Crippen LogP contribution in [0.3, 0.4) is 0 Å². The van der Waals surface area contributed by atoms with Gasteiger partial charge in [0.15, 0.2) is 0 Å². The van der Waals surface area contributed by atoms with E-state index in [2.05, 4.69) is 56.7 Å². The number of H-pyrrole nitrogens is 1. The van der Waals surface area contributed by atoms with Crippen LogP contribution in [0.1, 0.15) is 19.3 Å². The molecular weight excluding hydrogens is 414 g/mol. The summed E-state index contributed by atoms with van der Waals surface area (Å²) in [5.41, 5.74) is 2.87. The fraction of sp³-hybridized carbons (Fsp3) is 0.273. The monoisotopic (exact) mass is 437 g/mol. The third-order valence-electron chi connectivity index (χ3n) is 5.86. The van der Waals surface area contributed by atoms with Gasteiger partial charge in [0, 0.05) is 17.3 Å². The van der Waals surface area contributed by atoms with Gasteiger partial charge in [0.25, 0.3) is 0 Å². The molecule has 0 radical (unpaired) electrons. The van der Waals surface area contributed by atoms with Crippen molar-refractivity contribution in [3.05, 3.63) is 54.9 Å². The number of nitrogens with one attached hydrogen (secondary N) is 2. The molecule has 5 rings (SSSR count). The molecule has 2 heterocycles. The van der Waals surface area contributed by atoms with Gasteiger partial charge in [-0.3, -0.25) is 4.18 Å². The number of aromatic amines is 1. The fourth-order valence-electron chi connectivity index (χ4n) is 4.40. The van der Waals surface area contributed by atoms with E-state index in [-0.39, 0.29) is 18.6 Å². The van der Waals surface area contributed by atoms with Crippen molar-refractivity contribution >= 4 is 37.9 Å². The lowest BCUT2D eigenvalue weighted by Gasteiger charge is -2.14. The normalized spacial score (nSPS) is 19.3. The predicted molar refractivity (Wildman–Crippen MR) is 121 cm³/mol. The van der Waals surface area contributed by atoms with Gasteiger partial charge in [0.05, 0.1) is 12.0 Å². The number of fused-ring (bicyclic) bond motifs is 2. The molecular formula is C22H23N5O3S. The lowest BCUT2D eigenvalue weighted by atomic mass is 10.0. The van der Waals surface area contributed by atoms with E-state index in [9.17, 15) is 8.42 Å². The van der Waals surface area contributed by atoms with Crippen LogP contribution in [-0.4, -0.2) is 36.0 Å². The highest BCUT2D eigenvalue weighted by Gasteiger charge is 2.27. The highest BCUT2D eigenvalue weighted by Crippen LogP contribution is 2.33. The first-order chi connectivity index (χ1) is 15.0. The van der Waals surface area contributed by atoms with Gasteiger partial charge in [-0.2, -0.15) is 8.42 Å². The van der Waals surface area contributed by atoms with E-state index < -0.39 is 10.3 Å². The minimum absolute atomic E-state index is 0.117. The van der Waals surface area contributed by atoms with Crippen molar-refractivity contribution in [1.29, 1.82) is 0 Å². The van der Waals surface area contributed by atoms with Gasteiger partial charge in [-0.15, -0.1) is 0 Å². The molecule has 4 N–H and O–H groups in total. The highest BCUT2D eigenvalue weighted by molar-refractivity contribution is 7.84. The molecule has 2 atom stereocenters. The van der Waals surface area contributed by atoms with Gasteiger partial charge in [-0.25, -0.2) is 15.1 Å². The van der Waals surface area contributed by atoms with Gasteiger partial charge in [-0.05, 0) is 42.0 Å². The number of hydrogen-bond acceptors (Lipinski definition) is 6. The molecule has 0 saturated heterocycles. The summed E-state index contributed by atoms with van der Waals surface area (Å²) in [7, 11) is -3.90. The lowest BCUT2D eigenvalue weighted by molar-refractivity contribution is 0.256. The van der Waals surface area contributed by atoms with E-state index in [1.807, 2.05) is 12.1 Å². The van der Waals surface area contributed by atoms with E-state index in [1.165, 1.54) is 10.8 Å². The van der Waals surface area contributed by atoms with Crippen LogP contribution in [0.2, 0.25) is 0 Å². The summed E-state index contributed by atoms with van der Waals surface area (Å²) in [4.78, 5) is 12.3. The number of hydrogen-bond donors (Lipinski definition) is 3. The Balaban J connectivity index is 1.39. The Kier molecular flexibility index (Phi) is 5.09. The van der Waals surface area contributed by atoms with Crippen LogP contribution in [0.5, 0.6) is 0 Å². The first-order valence-corrected chi connectivity index (χ1v) is 11.7. The molecule has 2 aromatic heterocycles. The summed E-state index contributed by atoms with van der Waals surface area (Å²) < 4.78 is 26.8. The third-order valence-corrected chi connectivity index (χ3v) is 6.32. The average Bonchev–Trinajstić information content (AvgIpc) is 3.39. The number of rotatable bonds is 6. The summed E-state index contributed by atoms with van der Waals surface area (Å²) in [5.74, 6) is 0.913. The van der Waals surface area contributed by atoms with E-state index in [0.717, 1.165) is 47.4 Å². The summed E-state index contributed by atoms with van der Waals surface area (Å²) in [6.07, 6.45) is 4.12. The molecule has 160 valence electrons. The zero-order valence-corrected chi connectivity index (χ0v) is 17.6. The van der Waals surface area contributed by atoms with Crippen molar-refractivity contribution in [1.82, 2.24) is 15.0 Å². The molecule has 0 amide bonds. The van der Waals surface area contributed by atoms with Gasteiger partial charge in [0.2, 0.25) is 0 Å². The number of aromatic nitrogens is 3. The molecule has 1 aliphatic rings. The molecule has 0 aliphatic heterocycles. The minimum Gasteiger partial charge on any atom is -0.367 e. The standard InChI is InChI=1S/C22H23N5O3S/c23-31(28,29)30-12-14-8-9-16(10-14)26-21-19-11-20(27-22(19)25-13-24-21)18-7-3-5-15-4-1-2-6-17(15)18/h1-7,11,13-14,16H,8-10,12H2,(H2,23,28,29)(H2,24,25,26,27)/t14-,16-/m0/s1. The maximum atomic E-state index is 11.0. The number of anilines is 1. The molecule has 4 aromatic rings. The maximum Gasteiger partial charge on any atom is 0.333 e. The van der Waals surface area contributed by atoms with Crippen LogP contribution in [-0.2, 0) is 14.5 Å². The number of benzene rings is 2. The maximum absolute atomic E-state index is 11.0. The third kappa shape index (κ3) is 4.25. The topological polar surface area (TPSA) is 123 Å². The summed E-state index contributed by atoms with van der Waals surface area (Å²) in [5, 5.41) is 11.7. The average molecular weight is 438 g/mol. The Labute approximate surface area is 180 Å². The molecule has 1 fully saturated rings. The SMILES string of the molecule is NS(=O)(=O)OC[C@H]1CC[C@H](Nc2ncnc3[nH]c(-c4cccc5ccccc45)cc23)C1. The van der Waals surface area contributed by atoms with E-state index in [4.69, 9.17) is 9.32 Å².